The summed E-state index contributed by atoms with van der Waals surface area (Å²) in [5.74, 6) is 0. The number of aryl methyl sites for hydroxylation is 1. The van der Waals surface area contributed by atoms with Crippen LogP contribution in [0.15, 0.2) is 53.4 Å². The molecule has 0 heterocycles. The number of sulfonamides is 1. The van der Waals surface area contributed by atoms with Crippen LogP contribution in [0.2, 0.25) is 0 Å². The monoisotopic (exact) mass is 320 g/mol. The van der Waals surface area contributed by atoms with Crippen LogP contribution in [0.4, 0.5) is 10.5 Å². The lowest BCUT2D eigenvalue weighted by molar-refractivity contribution is 0.155. The van der Waals surface area contributed by atoms with Gasteiger partial charge in [-0.1, -0.05) is 36.4 Å². The van der Waals surface area contributed by atoms with Crippen molar-refractivity contribution < 1.29 is 17.9 Å². The van der Waals surface area contributed by atoms with E-state index in [-0.39, 0.29) is 17.2 Å². The summed E-state index contributed by atoms with van der Waals surface area (Å²) in [6.45, 7) is 1.81. The summed E-state index contributed by atoms with van der Waals surface area (Å²) in [6.07, 6.45) is -0.752. The fraction of sp³-hybridized carbons (Fsp3) is 0.133. The van der Waals surface area contributed by atoms with E-state index in [0.717, 1.165) is 5.56 Å². The van der Waals surface area contributed by atoms with Crippen molar-refractivity contribution in [2.24, 2.45) is 5.14 Å². The summed E-state index contributed by atoms with van der Waals surface area (Å²) in [5, 5.41) is 7.54. The Labute approximate surface area is 129 Å². The molecule has 0 aliphatic rings. The molecule has 0 aliphatic carbocycles. The van der Waals surface area contributed by atoms with Crippen LogP contribution < -0.4 is 10.5 Å². The van der Waals surface area contributed by atoms with Crippen molar-refractivity contribution in [1.29, 1.82) is 0 Å². The first-order chi connectivity index (χ1) is 10.4. The maximum atomic E-state index is 11.8. The van der Waals surface area contributed by atoms with Crippen LogP contribution in [0, 0.1) is 6.92 Å². The minimum atomic E-state index is -3.94. The minimum Gasteiger partial charge on any atom is -0.444 e. The van der Waals surface area contributed by atoms with Crippen LogP contribution in [-0.4, -0.2) is 14.5 Å². The number of nitrogens with two attached hydrogens (primary N) is 1. The smallest absolute Gasteiger partial charge is 0.411 e. The number of amides is 1. The molecule has 0 aromatic heterocycles. The SMILES string of the molecule is Cc1ccc(NC(=O)OCc2ccccc2)c(S(N)(=O)=O)c1. The van der Waals surface area contributed by atoms with Crippen molar-refractivity contribution in [1.82, 2.24) is 0 Å². The Hall–Kier alpha value is -2.38. The molecule has 0 saturated heterocycles. The van der Waals surface area contributed by atoms with Gasteiger partial charge in [0, 0.05) is 0 Å². The summed E-state index contributed by atoms with van der Waals surface area (Å²) >= 11 is 0. The summed E-state index contributed by atoms with van der Waals surface area (Å²) in [6, 6.07) is 13.7. The molecule has 1 amide bonds. The van der Waals surface area contributed by atoms with Crippen molar-refractivity contribution in [3.05, 3.63) is 59.7 Å². The number of primary sulfonamides is 1. The number of hydrogen-bond acceptors (Lipinski definition) is 4. The molecule has 0 aliphatic heterocycles. The number of rotatable bonds is 4. The van der Waals surface area contributed by atoms with Crippen molar-refractivity contribution in [2.75, 3.05) is 5.32 Å². The quantitative estimate of drug-likeness (QED) is 0.903. The van der Waals surface area contributed by atoms with Gasteiger partial charge in [0.1, 0.15) is 11.5 Å². The number of anilines is 1. The van der Waals surface area contributed by atoms with E-state index < -0.39 is 16.1 Å². The lowest BCUT2D eigenvalue weighted by Crippen LogP contribution is -2.19. The molecule has 2 aromatic rings. The van der Waals surface area contributed by atoms with E-state index in [9.17, 15) is 13.2 Å². The van der Waals surface area contributed by atoms with Crippen molar-refractivity contribution in [2.45, 2.75) is 18.4 Å². The molecule has 0 spiro atoms. The second kappa shape index (κ2) is 6.59. The highest BCUT2D eigenvalue weighted by Gasteiger charge is 2.16. The van der Waals surface area contributed by atoms with E-state index in [1.165, 1.54) is 12.1 Å². The Bertz CT molecular complexity index is 773. The molecule has 0 saturated carbocycles. The number of carbonyl (C=O) groups excluding carboxylic acids is 1. The molecule has 0 bridgehead atoms. The average molecular weight is 320 g/mol. The molecular weight excluding hydrogens is 304 g/mol. The summed E-state index contributed by atoms with van der Waals surface area (Å²) in [4.78, 5) is 11.6. The second-order valence-electron chi connectivity index (χ2n) is 4.73. The first-order valence-electron chi connectivity index (χ1n) is 6.47. The molecule has 0 fully saturated rings. The van der Waals surface area contributed by atoms with Gasteiger partial charge in [0.25, 0.3) is 0 Å². The van der Waals surface area contributed by atoms with Gasteiger partial charge in [-0.25, -0.2) is 18.4 Å². The van der Waals surface area contributed by atoms with Crippen LogP contribution in [0.5, 0.6) is 0 Å². The highest BCUT2D eigenvalue weighted by atomic mass is 32.2. The average Bonchev–Trinajstić information content (AvgIpc) is 2.47. The van der Waals surface area contributed by atoms with Gasteiger partial charge >= 0.3 is 6.09 Å². The van der Waals surface area contributed by atoms with Crippen LogP contribution >= 0.6 is 0 Å². The maximum Gasteiger partial charge on any atom is 0.411 e. The van der Waals surface area contributed by atoms with Gasteiger partial charge in [-0.3, -0.25) is 5.32 Å². The zero-order valence-electron chi connectivity index (χ0n) is 11.9. The van der Waals surface area contributed by atoms with Gasteiger partial charge < -0.3 is 4.74 Å². The minimum absolute atomic E-state index is 0.0866. The third-order valence-electron chi connectivity index (χ3n) is 2.89. The summed E-state index contributed by atoms with van der Waals surface area (Å²) in [7, 11) is -3.94. The second-order valence-corrected chi connectivity index (χ2v) is 6.26. The topological polar surface area (TPSA) is 98.5 Å². The molecule has 22 heavy (non-hydrogen) atoms. The predicted octanol–water partition coefficient (Wildman–Crippen LogP) is 2.39. The Morgan fingerprint density at radius 1 is 1.18 bits per heavy atom. The number of hydrogen-bond donors (Lipinski definition) is 2. The molecule has 0 unspecified atom stereocenters. The molecule has 116 valence electrons. The maximum absolute atomic E-state index is 11.8. The Morgan fingerprint density at radius 3 is 2.50 bits per heavy atom. The molecule has 7 heteroatoms. The van der Waals surface area contributed by atoms with Gasteiger partial charge in [-0.05, 0) is 30.2 Å². The van der Waals surface area contributed by atoms with E-state index in [4.69, 9.17) is 9.88 Å². The number of ether oxygens (including phenoxy) is 1. The van der Waals surface area contributed by atoms with Gasteiger partial charge in [0.15, 0.2) is 0 Å². The molecule has 6 nitrogen and oxygen atoms in total. The van der Waals surface area contributed by atoms with Crippen molar-refractivity contribution in [3.8, 4) is 0 Å². The van der Waals surface area contributed by atoms with Crippen LogP contribution in [-0.2, 0) is 21.4 Å². The Kier molecular flexibility index (Phi) is 4.79. The number of nitrogens with one attached hydrogen (secondary N) is 1. The van der Waals surface area contributed by atoms with Crippen molar-refractivity contribution >= 4 is 21.8 Å². The van der Waals surface area contributed by atoms with Gasteiger partial charge in [0.05, 0.1) is 5.69 Å². The third kappa shape index (κ3) is 4.31. The molecule has 0 atom stereocenters. The number of carbonyl (C=O) groups is 1. The number of benzene rings is 2. The molecule has 2 rings (SSSR count). The van der Waals surface area contributed by atoms with Crippen LogP contribution in [0.1, 0.15) is 11.1 Å². The highest BCUT2D eigenvalue weighted by Crippen LogP contribution is 2.21. The van der Waals surface area contributed by atoms with Gasteiger partial charge in [-0.15, -0.1) is 0 Å². The molecule has 3 N–H and O–H groups in total. The standard InChI is InChI=1S/C15H16N2O4S/c1-11-7-8-13(14(9-11)22(16,19)20)17-15(18)21-10-12-5-3-2-4-6-12/h2-9H,10H2,1H3,(H,17,18)(H2,16,19,20). The predicted molar refractivity (Wildman–Crippen MR) is 82.8 cm³/mol. The molecular formula is C15H16N2O4S. The first kappa shape index (κ1) is 16.0. The Balaban J connectivity index is 2.09. The largest absolute Gasteiger partial charge is 0.444 e. The van der Waals surface area contributed by atoms with Crippen molar-refractivity contribution in [3.63, 3.8) is 0 Å². The fourth-order valence-corrected chi connectivity index (χ4v) is 2.61. The lowest BCUT2D eigenvalue weighted by Gasteiger charge is -2.11. The molecule has 2 aromatic carbocycles. The first-order valence-corrected chi connectivity index (χ1v) is 8.02. The zero-order chi connectivity index (χ0) is 16.2. The van der Waals surface area contributed by atoms with Crippen LogP contribution in [0.25, 0.3) is 0 Å². The summed E-state index contributed by atoms with van der Waals surface area (Å²) in [5.41, 5.74) is 1.63. The molecule has 0 radical (unpaired) electrons. The van der Waals surface area contributed by atoms with Crippen LogP contribution in [0.3, 0.4) is 0 Å². The van der Waals surface area contributed by atoms with E-state index >= 15 is 0 Å². The van der Waals surface area contributed by atoms with E-state index in [1.54, 1.807) is 13.0 Å². The van der Waals surface area contributed by atoms with E-state index in [1.807, 2.05) is 30.3 Å². The Morgan fingerprint density at radius 2 is 1.86 bits per heavy atom. The van der Waals surface area contributed by atoms with E-state index in [0.29, 0.717) is 5.56 Å². The lowest BCUT2D eigenvalue weighted by atomic mass is 10.2. The van der Waals surface area contributed by atoms with Gasteiger partial charge in [-0.2, -0.15) is 0 Å². The van der Waals surface area contributed by atoms with E-state index in [2.05, 4.69) is 5.32 Å². The normalized spacial score (nSPS) is 11.0. The fourth-order valence-electron chi connectivity index (χ4n) is 1.84. The highest BCUT2D eigenvalue weighted by molar-refractivity contribution is 7.89. The summed E-state index contributed by atoms with van der Waals surface area (Å²) < 4.78 is 28.1. The zero-order valence-corrected chi connectivity index (χ0v) is 12.8. The van der Waals surface area contributed by atoms with Gasteiger partial charge in [0.2, 0.25) is 10.0 Å². The third-order valence-corrected chi connectivity index (χ3v) is 3.84.